The van der Waals surface area contributed by atoms with E-state index in [0.717, 1.165) is 5.56 Å². The number of ether oxygens (including phenoxy) is 1. The first-order valence-corrected chi connectivity index (χ1v) is 5.40. The lowest BCUT2D eigenvalue weighted by atomic mass is 10.1. The summed E-state index contributed by atoms with van der Waals surface area (Å²) in [5.74, 6) is -0.425. The first kappa shape index (κ1) is 12.5. The van der Waals surface area contributed by atoms with Crippen LogP contribution in [-0.2, 0) is 11.2 Å². The summed E-state index contributed by atoms with van der Waals surface area (Å²) >= 11 is 6.06. The lowest BCUT2D eigenvalue weighted by Gasteiger charge is -2.07. The van der Waals surface area contributed by atoms with E-state index in [-0.39, 0.29) is 0 Å². The predicted octanol–water partition coefficient (Wildman–Crippen LogP) is 2.97. The zero-order valence-electron chi connectivity index (χ0n) is 9.00. The molecule has 0 aliphatic rings. The summed E-state index contributed by atoms with van der Waals surface area (Å²) in [5.41, 5.74) is 1.16. The van der Waals surface area contributed by atoms with Gasteiger partial charge in [0.25, 0.3) is 0 Å². The van der Waals surface area contributed by atoms with Crippen LogP contribution in [0.25, 0.3) is 0 Å². The van der Waals surface area contributed by atoms with Gasteiger partial charge in [-0.05, 0) is 25.0 Å². The Kier molecular flexibility index (Phi) is 4.81. The van der Waals surface area contributed by atoms with Gasteiger partial charge in [0.1, 0.15) is 0 Å². The number of hydrogen-bond donors (Lipinski definition) is 0. The molecule has 4 heteroatoms. The molecule has 1 aromatic rings. The van der Waals surface area contributed by atoms with E-state index in [2.05, 4.69) is 0 Å². The van der Waals surface area contributed by atoms with Gasteiger partial charge >= 0.3 is 5.97 Å². The standard InChI is InChI=1S/C12H12ClNO2/c1-2-16-12(15)10-7-3-5-9(11(10)13)6-4-8-14/h3,5,7H,2,4,6H2,1H3. The number of aryl methyl sites for hydroxylation is 1. The van der Waals surface area contributed by atoms with Crippen LogP contribution in [0.3, 0.4) is 0 Å². The first-order valence-electron chi connectivity index (χ1n) is 5.02. The number of carbonyl (C=O) groups is 1. The van der Waals surface area contributed by atoms with E-state index >= 15 is 0 Å². The van der Waals surface area contributed by atoms with Crippen LogP contribution in [0.4, 0.5) is 0 Å². The average molecular weight is 238 g/mol. The van der Waals surface area contributed by atoms with Crippen LogP contribution >= 0.6 is 11.6 Å². The monoisotopic (exact) mass is 237 g/mol. The molecule has 0 radical (unpaired) electrons. The van der Waals surface area contributed by atoms with Crippen LogP contribution in [0.2, 0.25) is 5.02 Å². The van der Waals surface area contributed by atoms with Crippen molar-refractivity contribution in [2.24, 2.45) is 0 Å². The summed E-state index contributed by atoms with van der Waals surface area (Å²) < 4.78 is 4.88. The highest BCUT2D eigenvalue weighted by Gasteiger charge is 2.13. The number of rotatable bonds is 4. The molecule has 84 valence electrons. The lowest BCUT2D eigenvalue weighted by Crippen LogP contribution is -2.06. The Labute approximate surface area is 99.6 Å². The number of halogens is 1. The molecule has 0 heterocycles. The van der Waals surface area contributed by atoms with Crippen LogP contribution in [0, 0.1) is 11.3 Å². The SMILES string of the molecule is CCOC(=O)c1cccc(CCC#N)c1Cl. The summed E-state index contributed by atoms with van der Waals surface area (Å²) in [5, 5.41) is 8.88. The molecular formula is C12H12ClNO2. The topological polar surface area (TPSA) is 50.1 Å². The molecule has 0 N–H and O–H groups in total. The summed E-state index contributed by atoms with van der Waals surface area (Å²) in [4.78, 5) is 11.5. The number of nitrogens with zero attached hydrogens (tertiary/aromatic N) is 1. The number of benzene rings is 1. The predicted molar refractivity (Wildman–Crippen MR) is 61.3 cm³/mol. The third-order valence-corrected chi connectivity index (χ3v) is 2.53. The Bertz CT molecular complexity index is 424. The van der Waals surface area contributed by atoms with Crippen molar-refractivity contribution in [1.29, 1.82) is 5.26 Å². The molecule has 0 aromatic heterocycles. The van der Waals surface area contributed by atoms with Gasteiger partial charge in [-0.25, -0.2) is 4.79 Å². The maximum absolute atomic E-state index is 11.5. The molecule has 0 aliphatic heterocycles. The molecule has 0 saturated heterocycles. The molecule has 3 nitrogen and oxygen atoms in total. The molecule has 0 amide bonds. The highest BCUT2D eigenvalue weighted by Crippen LogP contribution is 2.23. The second kappa shape index (κ2) is 6.14. The normalized spacial score (nSPS) is 9.56. The maximum Gasteiger partial charge on any atom is 0.339 e. The van der Waals surface area contributed by atoms with E-state index in [4.69, 9.17) is 21.6 Å². The fourth-order valence-corrected chi connectivity index (χ4v) is 1.63. The summed E-state index contributed by atoms with van der Waals surface area (Å²) in [6.07, 6.45) is 0.925. The largest absolute Gasteiger partial charge is 0.462 e. The highest BCUT2D eigenvalue weighted by atomic mass is 35.5. The van der Waals surface area contributed by atoms with Crippen LogP contribution in [0.15, 0.2) is 18.2 Å². The molecule has 0 unspecified atom stereocenters. The first-order chi connectivity index (χ1) is 7.70. The van der Waals surface area contributed by atoms with Gasteiger partial charge < -0.3 is 4.74 Å². The molecule has 0 atom stereocenters. The zero-order chi connectivity index (χ0) is 12.0. The van der Waals surface area contributed by atoms with Gasteiger partial charge in [0, 0.05) is 6.42 Å². The van der Waals surface area contributed by atoms with E-state index in [1.54, 1.807) is 19.1 Å². The van der Waals surface area contributed by atoms with Crippen molar-refractivity contribution in [3.63, 3.8) is 0 Å². The molecule has 0 fully saturated rings. The number of nitriles is 1. The van der Waals surface area contributed by atoms with Crippen molar-refractivity contribution < 1.29 is 9.53 Å². The highest BCUT2D eigenvalue weighted by molar-refractivity contribution is 6.34. The van der Waals surface area contributed by atoms with Crippen molar-refractivity contribution in [3.05, 3.63) is 34.3 Å². The number of carbonyl (C=O) groups excluding carboxylic acids is 1. The number of esters is 1. The van der Waals surface area contributed by atoms with E-state index in [1.165, 1.54) is 0 Å². The third-order valence-electron chi connectivity index (χ3n) is 2.08. The van der Waals surface area contributed by atoms with Gasteiger partial charge in [-0.15, -0.1) is 0 Å². The van der Waals surface area contributed by atoms with Gasteiger partial charge in [0.15, 0.2) is 0 Å². The van der Waals surface area contributed by atoms with Crippen molar-refractivity contribution in [3.8, 4) is 6.07 Å². The van der Waals surface area contributed by atoms with Crippen LogP contribution < -0.4 is 0 Å². The van der Waals surface area contributed by atoms with Crippen molar-refractivity contribution >= 4 is 17.6 Å². The van der Waals surface area contributed by atoms with Crippen molar-refractivity contribution in [1.82, 2.24) is 0 Å². The maximum atomic E-state index is 11.5. The smallest absolute Gasteiger partial charge is 0.339 e. The second-order valence-corrected chi connectivity index (χ2v) is 3.54. The summed E-state index contributed by atoms with van der Waals surface area (Å²) in [7, 11) is 0. The van der Waals surface area contributed by atoms with E-state index in [0.29, 0.717) is 30.0 Å². The van der Waals surface area contributed by atoms with Crippen molar-refractivity contribution in [2.45, 2.75) is 19.8 Å². The molecule has 1 aromatic carbocycles. The van der Waals surface area contributed by atoms with Gasteiger partial charge in [0.05, 0.1) is 23.3 Å². The summed E-state index contributed by atoms with van der Waals surface area (Å²) in [6.45, 7) is 2.06. The molecular weight excluding hydrogens is 226 g/mol. The Morgan fingerprint density at radius 1 is 1.56 bits per heavy atom. The Hall–Kier alpha value is -1.53. The van der Waals surface area contributed by atoms with E-state index < -0.39 is 5.97 Å². The molecule has 0 aliphatic carbocycles. The summed E-state index contributed by atoms with van der Waals surface area (Å²) in [6, 6.07) is 7.21. The van der Waals surface area contributed by atoms with Gasteiger partial charge in [-0.3, -0.25) is 0 Å². The Morgan fingerprint density at radius 3 is 2.94 bits per heavy atom. The second-order valence-electron chi connectivity index (χ2n) is 3.16. The van der Waals surface area contributed by atoms with Gasteiger partial charge in [-0.2, -0.15) is 5.26 Å². The molecule has 0 bridgehead atoms. The van der Waals surface area contributed by atoms with E-state index in [1.807, 2.05) is 12.1 Å². The van der Waals surface area contributed by atoms with Gasteiger partial charge in [-0.1, -0.05) is 23.7 Å². The molecule has 1 rings (SSSR count). The van der Waals surface area contributed by atoms with Crippen molar-refractivity contribution in [2.75, 3.05) is 6.61 Å². The fraction of sp³-hybridized carbons (Fsp3) is 0.333. The van der Waals surface area contributed by atoms with E-state index in [9.17, 15) is 4.79 Å². The molecule has 0 spiro atoms. The van der Waals surface area contributed by atoms with Crippen LogP contribution in [-0.4, -0.2) is 12.6 Å². The molecule has 0 saturated carbocycles. The average Bonchev–Trinajstić information content (AvgIpc) is 2.28. The minimum Gasteiger partial charge on any atom is -0.462 e. The fourth-order valence-electron chi connectivity index (χ4n) is 1.33. The Morgan fingerprint density at radius 2 is 2.31 bits per heavy atom. The number of hydrogen-bond acceptors (Lipinski definition) is 3. The third kappa shape index (κ3) is 2.98. The quantitative estimate of drug-likeness (QED) is 0.757. The Balaban J connectivity index is 2.95. The minimum absolute atomic E-state index is 0.317. The zero-order valence-corrected chi connectivity index (χ0v) is 9.75. The van der Waals surface area contributed by atoms with Crippen LogP contribution in [0.1, 0.15) is 29.3 Å². The lowest BCUT2D eigenvalue weighted by molar-refractivity contribution is 0.0526. The minimum atomic E-state index is -0.425. The van der Waals surface area contributed by atoms with Crippen LogP contribution in [0.5, 0.6) is 0 Å². The van der Waals surface area contributed by atoms with Gasteiger partial charge in [0.2, 0.25) is 0 Å². The molecule has 16 heavy (non-hydrogen) atoms.